The van der Waals surface area contributed by atoms with Gasteiger partial charge in [-0.25, -0.2) is 0 Å². The van der Waals surface area contributed by atoms with Crippen LogP contribution in [0.3, 0.4) is 0 Å². The van der Waals surface area contributed by atoms with Gasteiger partial charge >= 0.3 is 0 Å². The van der Waals surface area contributed by atoms with Crippen LogP contribution in [0.5, 0.6) is 0 Å². The topological polar surface area (TPSA) is 30.2 Å². The quantitative estimate of drug-likeness (QED) is 0.191. The third-order valence-corrected chi connectivity index (χ3v) is 6.22. The molecule has 3 nitrogen and oxygen atoms in total. The zero-order valence-electron chi connectivity index (χ0n) is 16.0. The Morgan fingerprint density at radius 3 is 2.07 bits per heavy atom. The molecule has 0 aliphatic carbocycles. The zero-order chi connectivity index (χ0) is 20.1. The fourth-order valence-corrected chi connectivity index (χ4v) is 4.65. The van der Waals surface area contributed by atoms with Crippen LogP contribution in [-0.4, -0.2) is 14.6 Å². The number of hydrogen-bond acceptors (Lipinski definition) is 2. The fourth-order valence-electron chi connectivity index (χ4n) is 4.15. The number of rotatable bonds is 2. The van der Waals surface area contributed by atoms with E-state index in [-0.39, 0.29) is 0 Å². The van der Waals surface area contributed by atoms with Crippen molar-refractivity contribution >= 4 is 49.9 Å². The maximum absolute atomic E-state index is 4.64. The summed E-state index contributed by atoms with van der Waals surface area (Å²) < 4.78 is 3.40. The molecule has 30 heavy (non-hydrogen) atoms. The van der Waals surface area contributed by atoms with Crippen molar-refractivity contribution in [2.24, 2.45) is 0 Å². The first kappa shape index (κ1) is 17.6. The van der Waals surface area contributed by atoms with Crippen LogP contribution in [-0.2, 0) is 0 Å². The van der Waals surface area contributed by atoms with Gasteiger partial charge in [-0.05, 0) is 63.4 Å². The van der Waals surface area contributed by atoms with E-state index >= 15 is 0 Å². The molecule has 0 N–H and O–H groups in total. The molecule has 0 bridgehead atoms. The summed E-state index contributed by atoms with van der Waals surface area (Å²) in [7, 11) is 0. The van der Waals surface area contributed by atoms with Gasteiger partial charge in [-0.2, -0.15) is 0 Å². The van der Waals surface area contributed by atoms with Crippen molar-refractivity contribution in [3.63, 3.8) is 0 Å². The third kappa shape index (κ3) is 2.71. The zero-order valence-corrected chi connectivity index (χ0v) is 18.1. The van der Waals surface area contributed by atoms with Crippen LogP contribution in [0, 0.1) is 3.57 Å². The first-order valence-electron chi connectivity index (χ1n) is 9.80. The molecule has 0 unspecified atom stereocenters. The Bertz CT molecular complexity index is 1540. The van der Waals surface area contributed by atoms with Gasteiger partial charge in [0.05, 0.1) is 5.52 Å². The molecule has 0 amide bonds. The van der Waals surface area contributed by atoms with Gasteiger partial charge < -0.3 is 0 Å². The van der Waals surface area contributed by atoms with Gasteiger partial charge in [-0.1, -0.05) is 72.8 Å². The highest BCUT2D eigenvalue weighted by Gasteiger charge is 2.16. The lowest BCUT2D eigenvalue weighted by atomic mass is 9.99. The van der Waals surface area contributed by atoms with Gasteiger partial charge in [-0.15, -0.1) is 10.2 Å². The van der Waals surface area contributed by atoms with Crippen LogP contribution < -0.4 is 0 Å². The molecule has 0 saturated carbocycles. The van der Waals surface area contributed by atoms with E-state index in [0.717, 1.165) is 27.9 Å². The Labute approximate surface area is 187 Å². The van der Waals surface area contributed by atoms with Crippen LogP contribution in [0.25, 0.3) is 49.8 Å². The Morgan fingerprint density at radius 1 is 0.567 bits per heavy atom. The van der Waals surface area contributed by atoms with Crippen molar-refractivity contribution in [2.45, 2.75) is 0 Å². The minimum Gasteiger partial charge on any atom is -0.274 e. The molecule has 4 heteroatoms. The van der Waals surface area contributed by atoms with Crippen molar-refractivity contribution in [1.29, 1.82) is 0 Å². The lowest BCUT2D eigenvalue weighted by Gasteiger charge is -2.11. The normalized spacial score (nSPS) is 11.5. The lowest BCUT2D eigenvalue weighted by Crippen LogP contribution is -1.95. The Hall–Kier alpha value is -3.25. The summed E-state index contributed by atoms with van der Waals surface area (Å²) in [4.78, 5) is 0. The number of benzene rings is 4. The summed E-state index contributed by atoms with van der Waals surface area (Å²) in [6.45, 7) is 0. The third-order valence-electron chi connectivity index (χ3n) is 5.55. The van der Waals surface area contributed by atoms with Crippen LogP contribution in [0.2, 0.25) is 0 Å². The summed E-state index contributed by atoms with van der Waals surface area (Å²) in [5, 5.41) is 12.8. The second-order valence-corrected chi connectivity index (χ2v) is 8.58. The van der Waals surface area contributed by atoms with Crippen molar-refractivity contribution in [3.8, 4) is 22.5 Å². The van der Waals surface area contributed by atoms with E-state index in [1.54, 1.807) is 0 Å². The number of nitrogens with zero attached hydrogens (tertiary/aromatic N) is 3. The van der Waals surface area contributed by atoms with Crippen molar-refractivity contribution < 1.29 is 0 Å². The summed E-state index contributed by atoms with van der Waals surface area (Å²) in [5.41, 5.74) is 5.44. The molecule has 0 radical (unpaired) electrons. The molecule has 6 aromatic rings. The summed E-state index contributed by atoms with van der Waals surface area (Å²) in [6, 6.07) is 33.9. The number of hydrogen-bond donors (Lipinski definition) is 0. The lowest BCUT2D eigenvalue weighted by molar-refractivity contribution is 1.12. The molecule has 0 saturated heterocycles. The minimum absolute atomic E-state index is 0.865. The predicted octanol–water partition coefficient (Wildman–Crippen LogP) is 6.97. The van der Waals surface area contributed by atoms with Gasteiger partial charge in [0.1, 0.15) is 0 Å². The maximum atomic E-state index is 4.64. The molecule has 4 aromatic carbocycles. The van der Waals surface area contributed by atoms with Crippen molar-refractivity contribution in [2.75, 3.05) is 0 Å². The van der Waals surface area contributed by atoms with Crippen LogP contribution in [0.4, 0.5) is 0 Å². The molecule has 0 spiro atoms. The summed E-state index contributed by atoms with van der Waals surface area (Å²) >= 11 is 2.38. The highest BCUT2D eigenvalue weighted by molar-refractivity contribution is 14.1. The fraction of sp³-hybridized carbons (Fsp3) is 0. The van der Waals surface area contributed by atoms with E-state index in [1.807, 2.05) is 24.3 Å². The highest BCUT2D eigenvalue weighted by atomic mass is 127. The van der Waals surface area contributed by atoms with Crippen LogP contribution >= 0.6 is 22.6 Å². The van der Waals surface area contributed by atoms with Crippen molar-refractivity contribution in [3.05, 3.63) is 101 Å². The average Bonchev–Trinajstić information content (AvgIpc) is 3.25. The molecule has 6 rings (SSSR count). The van der Waals surface area contributed by atoms with Crippen LogP contribution in [0.15, 0.2) is 97.1 Å². The largest absolute Gasteiger partial charge is 0.274 e. The molecule has 142 valence electrons. The number of aromatic nitrogens is 3. The van der Waals surface area contributed by atoms with E-state index in [9.17, 15) is 0 Å². The molecular weight excluding hydrogens is 481 g/mol. The smallest absolute Gasteiger partial charge is 0.169 e. The molecule has 0 atom stereocenters. The molecule has 0 fully saturated rings. The SMILES string of the molecule is Ic1ccc2c(c1)c1ccc(-c3ccccc3)cc1c1nnc(-c3ccccc3)n21. The molecule has 2 aromatic heterocycles. The van der Waals surface area contributed by atoms with Gasteiger partial charge in [0.2, 0.25) is 0 Å². The standard InChI is InChI=1S/C26H16IN3/c27-20-12-14-24-22(16-20)21-13-11-19(17-7-3-1-4-8-17)15-23(21)26-29-28-25(30(24)26)18-9-5-2-6-10-18/h1-16H. The summed E-state index contributed by atoms with van der Waals surface area (Å²) in [5.74, 6) is 0.865. The van der Waals surface area contributed by atoms with E-state index in [0.29, 0.717) is 0 Å². The molecule has 0 aliphatic heterocycles. The average molecular weight is 497 g/mol. The van der Waals surface area contributed by atoms with Gasteiger partial charge in [-0.3, -0.25) is 4.40 Å². The molecule has 2 heterocycles. The Morgan fingerprint density at radius 2 is 1.30 bits per heavy atom. The second-order valence-electron chi connectivity index (χ2n) is 7.34. The van der Waals surface area contributed by atoms with Crippen LogP contribution in [0.1, 0.15) is 0 Å². The molecule has 0 aliphatic rings. The number of halogens is 1. The second kappa shape index (κ2) is 6.92. The first-order chi connectivity index (χ1) is 14.8. The summed E-state index contributed by atoms with van der Waals surface area (Å²) in [6.07, 6.45) is 0. The van der Waals surface area contributed by atoms with E-state index < -0.39 is 0 Å². The number of pyridine rings is 1. The number of fused-ring (bicyclic) bond motifs is 6. The monoisotopic (exact) mass is 497 g/mol. The van der Waals surface area contributed by atoms with Gasteiger partial charge in [0, 0.05) is 19.9 Å². The first-order valence-corrected chi connectivity index (χ1v) is 10.9. The van der Waals surface area contributed by atoms with E-state index in [2.05, 4.69) is 110 Å². The van der Waals surface area contributed by atoms with E-state index in [1.165, 1.54) is 25.5 Å². The van der Waals surface area contributed by atoms with Gasteiger partial charge in [0.25, 0.3) is 0 Å². The maximum Gasteiger partial charge on any atom is 0.169 e. The Kier molecular flexibility index (Phi) is 4.06. The van der Waals surface area contributed by atoms with E-state index in [4.69, 9.17) is 0 Å². The van der Waals surface area contributed by atoms with Crippen molar-refractivity contribution in [1.82, 2.24) is 14.6 Å². The van der Waals surface area contributed by atoms with Gasteiger partial charge in [0.15, 0.2) is 11.5 Å². The predicted molar refractivity (Wildman–Crippen MR) is 132 cm³/mol. The highest BCUT2D eigenvalue weighted by Crippen LogP contribution is 2.35. The molecular formula is C26H16IN3. The Balaban J connectivity index is 1.77. The minimum atomic E-state index is 0.865.